The van der Waals surface area contributed by atoms with E-state index in [0.717, 1.165) is 12.8 Å². The number of hydrogen-bond donors (Lipinski definition) is 0. The van der Waals surface area contributed by atoms with Crippen LogP contribution in [-0.4, -0.2) is 24.1 Å². The van der Waals surface area contributed by atoms with E-state index < -0.39 is 0 Å². The van der Waals surface area contributed by atoms with E-state index >= 15 is 0 Å². The van der Waals surface area contributed by atoms with Gasteiger partial charge in [0.05, 0.1) is 11.1 Å². The van der Waals surface area contributed by atoms with E-state index in [1.54, 1.807) is 48.5 Å². The molecule has 26 heavy (non-hydrogen) atoms. The zero-order valence-electron chi connectivity index (χ0n) is 15.6. The highest BCUT2D eigenvalue weighted by Gasteiger charge is 2.29. The number of carbonyl (C=O) groups is 2. The summed E-state index contributed by atoms with van der Waals surface area (Å²) in [6, 6.07) is 17.8. The van der Waals surface area contributed by atoms with Crippen molar-refractivity contribution in [2.75, 3.05) is 0 Å². The molecule has 2 unspecified atom stereocenters. The van der Waals surface area contributed by atoms with Gasteiger partial charge in [-0.25, -0.2) is 9.59 Å². The van der Waals surface area contributed by atoms with Crippen LogP contribution in [0.5, 0.6) is 0 Å². The second-order valence-electron chi connectivity index (χ2n) is 6.41. The smallest absolute Gasteiger partial charge is 0.338 e. The fourth-order valence-electron chi connectivity index (χ4n) is 2.98. The van der Waals surface area contributed by atoms with Crippen molar-refractivity contribution in [1.82, 2.24) is 0 Å². The van der Waals surface area contributed by atoms with Gasteiger partial charge in [-0.3, -0.25) is 0 Å². The van der Waals surface area contributed by atoms with Crippen LogP contribution in [0.2, 0.25) is 0 Å². The molecule has 4 heteroatoms. The quantitative estimate of drug-likeness (QED) is 0.633. The van der Waals surface area contributed by atoms with Gasteiger partial charge in [-0.1, -0.05) is 49.7 Å². The van der Waals surface area contributed by atoms with Gasteiger partial charge in [0.25, 0.3) is 0 Å². The summed E-state index contributed by atoms with van der Waals surface area (Å²) in [5.41, 5.74) is 1.03. The minimum Gasteiger partial charge on any atom is -0.459 e. The summed E-state index contributed by atoms with van der Waals surface area (Å²) in [5, 5.41) is 0. The average molecular weight is 354 g/mol. The first-order valence-corrected chi connectivity index (χ1v) is 9.05. The Bertz CT molecular complexity index is 637. The van der Waals surface area contributed by atoms with E-state index in [1.165, 1.54) is 0 Å². The summed E-state index contributed by atoms with van der Waals surface area (Å²) in [6.45, 7) is 5.77. The molecule has 138 valence electrons. The molecule has 0 radical (unpaired) electrons. The summed E-state index contributed by atoms with van der Waals surface area (Å²) in [4.78, 5) is 24.6. The molecule has 2 aromatic carbocycles. The van der Waals surface area contributed by atoms with Gasteiger partial charge >= 0.3 is 11.9 Å². The Balaban J connectivity index is 2.01. The van der Waals surface area contributed by atoms with Gasteiger partial charge in [0, 0.05) is 5.92 Å². The summed E-state index contributed by atoms with van der Waals surface area (Å²) in [6.07, 6.45) is 0.986. The predicted molar refractivity (Wildman–Crippen MR) is 101 cm³/mol. The zero-order chi connectivity index (χ0) is 18.9. The lowest BCUT2D eigenvalue weighted by Gasteiger charge is -2.29. The molecular formula is C22H26O4. The second kappa shape index (κ2) is 9.76. The molecule has 0 aliphatic rings. The topological polar surface area (TPSA) is 52.6 Å². The van der Waals surface area contributed by atoms with Crippen molar-refractivity contribution in [1.29, 1.82) is 0 Å². The first kappa shape index (κ1) is 19.7. The molecule has 0 aliphatic carbocycles. The van der Waals surface area contributed by atoms with Crippen molar-refractivity contribution in [3.8, 4) is 0 Å². The van der Waals surface area contributed by atoms with Crippen LogP contribution in [0.25, 0.3) is 0 Å². The molecule has 2 atom stereocenters. The van der Waals surface area contributed by atoms with Gasteiger partial charge in [-0.2, -0.15) is 0 Å². The predicted octanol–water partition coefficient (Wildman–Crippen LogP) is 4.89. The molecule has 0 bridgehead atoms. The average Bonchev–Trinajstić information content (AvgIpc) is 2.67. The molecule has 0 N–H and O–H groups in total. The van der Waals surface area contributed by atoms with Crippen LogP contribution in [0.4, 0.5) is 0 Å². The standard InChI is InChI=1S/C22H26O4/c1-4-11-20(16(2)25-21(23)18-12-7-5-8-13-18)17(3)26-22(24)19-14-9-6-10-15-19/h5-10,12-17,20H,4,11H2,1-3H3. The normalized spacial score (nSPS) is 14.1. The number of hydrogen-bond acceptors (Lipinski definition) is 4. The SMILES string of the molecule is CCCC(C(C)OC(=O)c1ccccc1)C(C)OC(=O)c1ccccc1. The number of rotatable bonds is 8. The Morgan fingerprint density at radius 3 is 1.50 bits per heavy atom. The van der Waals surface area contributed by atoms with Crippen molar-refractivity contribution in [2.24, 2.45) is 5.92 Å². The lowest BCUT2D eigenvalue weighted by atomic mass is 9.92. The molecule has 2 aromatic rings. The summed E-state index contributed by atoms with van der Waals surface area (Å²) < 4.78 is 11.3. The van der Waals surface area contributed by atoms with Gasteiger partial charge in [-0.15, -0.1) is 0 Å². The van der Waals surface area contributed by atoms with Crippen molar-refractivity contribution < 1.29 is 19.1 Å². The third-order valence-corrected chi connectivity index (χ3v) is 4.43. The largest absolute Gasteiger partial charge is 0.459 e. The summed E-state index contributed by atoms with van der Waals surface area (Å²) in [5.74, 6) is -0.790. The second-order valence-corrected chi connectivity index (χ2v) is 6.41. The lowest BCUT2D eigenvalue weighted by molar-refractivity contribution is -0.0247. The molecule has 0 fully saturated rings. The van der Waals surface area contributed by atoms with E-state index in [0.29, 0.717) is 11.1 Å². The molecular weight excluding hydrogens is 328 g/mol. The summed E-state index contributed by atoms with van der Waals surface area (Å²) in [7, 11) is 0. The van der Waals surface area contributed by atoms with Crippen molar-refractivity contribution in [3.05, 3.63) is 71.8 Å². The van der Waals surface area contributed by atoms with Gasteiger partial charge in [-0.05, 0) is 44.5 Å². The van der Waals surface area contributed by atoms with Crippen LogP contribution in [0.15, 0.2) is 60.7 Å². The van der Waals surface area contributed by atoms with Crippen LogP contribution in [0, 0.1) is 5.92 Å². The molecule has 0 heterocycles. The first-order valence-electron chi connectivity index (χ1n) is 9.05. The Kier molecular flexibility index (Phi) is 7.39. The third kappa shape index (κ3) is 5.45. The highest BCUT2D eigenvalue weighted by Crippen LogP contribution is 2.23. The van der Waals surface area contributed by atoms with Gasteiger partial charge in [0.2, 0.25) is 0 Å². The molecule has 0 saturated heterocycles. The van der Waals surface area contributed by atoms with Crippen LogP contribution >= 0.6 is 0 Å². The van der Waals surface area contributed by atoms with Crippen LogP contribution in [0.3, 0.4) is 0 Å². The van der Waals surface area contributed by atoms with Gasteiger partial charge < -0.3 is 9.47 Å². The number of benzene rings is 2. The fraction of sp³-hybridized carbons (Fsp3) is 0.364. The van der Waals surface area contributed by atoms with E-state index in [4.69, 9.17) is 9.47 Å². The molecule has 0 amide bonds. The maximum absolute atomic E-state index is 12.3. The number of carbonyl (C=O) groups excluding carboxylic acids is 2. The molecule has 0 saturated carbocycles. The maximum atomic E-state index is 12.3. The number of ether oxygens (including phenoxy) is 2. The molecule has 0 aliphatic heterocycles. The Labute approximate surface area is 155 Å². The zero-order valence-corrected chi connectivity index (χ0v) is 15.6. The van der Waals surface area contributed by atoms with Crippen molar-refractivity contribution >= 4 is 11.9 Å². The Morgan fingerprint density at radius 2 is 1.15 bits per heavy atom. The minimum absolute atomic E-state index is 0.0691. The van der Waals surface area contributed by atoms with Crippen LogP contribution in [0.1, 0.15) is 54.3 Å². The van der Waals surface area contributed by atoms with Gasteiger partial charge in [0.15, 0.2) is 0 Å². The number of esters is 2. The molecule has 4 nitrogen and oxygen atoms in total. The minimum atomic E-state index is -0.360. The van der Waals surface area contributed by atoms with E-state index in [2.05, 4.69) is 6.92 Å². The third-order valence-electron chi connectivity index (χ3n) is 4.43. The van der Waals surface area contributed by atoms with Crippen LogP contribution < -0.4 is 0 Å². The van der Waals surface area contributed by atoms with Gasteiger partial charge in [0.1, 0.15) is 12.2 Å². The van der Waals surface area contributed by atoms with E-state index in [9.17, 15) is 9.59 Å². The first-order chi connectivity index (χ1) is 12.5. The van der Waals surface area contributed by atoms with Crippen molar-refractivity contribution in [2.45, 2.75) is 45.8 Å². The monoisotopic (exact) mass is 354 g/mol. The lowest BCUT2D eigenvalue weighted by Crippen LogP contribution is -2.34. The van der Waals surface area contributed by atoms with E-state index in [1.807, 2.05) is 26.0 Å². The highest BCUT2D eigenvalue weighted by atomic mass is 16.6. The molecule has 0 aromatic heterocycles. The molecule has 2 rings (SSSR count). The molecule has 0 spiro atoms. The van der Waals surface area contributed by atoms with E-state index in [-0.39, 0.29) is 30.1 Å². The summed E-state index contributed by atoms with van der Waals surface area (Å²) >= 11 is 0. The maximum Gasteiger partial charge on any atom is 0.338 e. The van der Waals surface area contributed by atoms with Crippen LogP contribution in [-0.2, 0) is 9.47 Å². The Hall–Kier alpha value is -2.62. The van der Waals surface area contributed by atoms with Crippen molar-refractivity contribution in [3.63, 3.8) is 0 Å². The Morgan fingerprint density at radius 1 is 0.769 bits per heavy atom. The highest BCUT2D eigenvalue weighted by molar-refractivity contribution is 5.90. The fourth-order valence-corrected chi connectivity index (χ4v) is 2.98.